The number of likely N-dealkylation sites (tertiary alicyclic amines) is 1. The van der Waals surface area contributed by atoms with E-state index >= 15 is 0 Å². The van der Waals surface area contributed by atoms with Crippen LogP contribution in [-0.4, -0.2) is 40.9 Å². The van der Waals surface area contributed by atoms with Gasteiger partial charge in [-0.1, -0.05) is 23.7 Å². The summed E-state index contributed by atoms with van der Waals surface area (Å²) in [6.45, 7) is 2.69. The number of amides is 2. The summed E-state index contributed by atoms with van der Waals surface area (Å²) in [6.07, 6.45) is 2.72. The Balaban J connectivity index is 2.00. The van der Waals surface area contributed by atoms with E-state index in [9.17, 15) is 14.4 Å². The molecule has 1 aromatic rings. The van der Waals surface area contributed by atoms with Crippen molar-refractivity contribution in [2.75, 3.05) is 13.1 Å². The zero-order valence-electron chi connectivity index (χ0n) is 14.9. The first-order chi connectivity index (χ1) is 12.3. The average Bonchev–Trinajstić information content (AvgIpc) is 2.60. The Hall–Kier alpha value is -2.08. The number of aliphatic carboxylic acids is 1. The van der Waals surface area contributed by atoms with Gasteiger partial charge in [0, 0.05) is 31.5 Å². The fourth-order valence-electron chi connectivity index (χ4n) is 3.35. The largest absolute Gasteiger partial charge is 0.481 e. The van der Waals surface area contributed by atoms with Gasteiger partial charge in [-0.2, -0.15) is 0 Å². The highest BCUT2D eigenvalue weighted by molar-refractivity contribution is 6.30. The van der Waals surface area contributed by atoms with Crippen LogP contribution >= 0.6 is 11.6 Å². The Morgan fingerprint density at radius 2 is 2.00 bits per heavy atom. The summed E-state index contributed by atoms with van der Waals surface area (Å²) in [5.41, 5.74) is 0.831. The van der Waals surface area contributed by atoms with Crippen molar-refractivity contribution in [3.63, 3.8) is 0 Å². The monoisotopic (exact) mass is 380 g/mol. The number of nitrogens with one attached hydrogen (secondary N) is 1. The van der Waals surface area contributed by atoms with Crippen LogP contribution < -0.4 is 5.32 Å². The van der Waals surface area contributed by atoms with Crippen LogP contribution in [-0.2, 0) is 14.4 Å². The normalized spacial score (nSPS) is 18.2. The SMILES string of the molecule is CC(=O)N[C@@H](CC(=O)N1CCC[C@@H](CCC(=O)O)C1)c1ccc(Cl)cc1. The first-order valence-corrected chi connectivity index (χ1v) is 9.25. The van der Waals surface area contributed by atoms with E-state index in [4.69, 9.17) is 16.7 Å². The van der Waals surface area contributed by atoms with Crippen molar-refractivity contribution in [1.29, 1.82) is 0 Å². The number of benzene rings is 1. The molecule has 7 heteroatoms. The van der Waals surface area contributed by atoms with Gasteiger partial charge in [-0.25, -0.2) is 0 Å². The summed E-state index contributed by atoms with van der Waals surface area (Å²) < 4.78 is 0. The molecule has 1 aliphatic rings. The number of halogens is 1. The zero-order valence-corrected chi connectivity index (χ0v) is 15.7. The number of carbonyl (C=O) groups excluding carboxylic acids is 2. The summed E-state index contributed by atoms with van der Waals surface area (Å²) >= 11 is 5.91. The molecule has 0 aliphatic carbocycles. The van der Waals surface area contributed by atoms with Gasteiger partial charge in [0.1, 0.15) is 0 Å². The van der Waals surface area contributed by atoms with Gasteiger partial charge in [0.25, 0.3) is 0 Å². The van der Waals surface area contributed by atoms with E-state index in [1.54, 1.807) is 17.0 Å². The molecule has 0 unspecified atom stereocenters. The van der Waals surface area contributed by atoms with Gasteiger partial charge < -0.3 is 15.3 Å². The lowest BCUT2D eigenvalue weighted by Crippen LogP contribution is -2.42. The van der Waals surface area contributed by atoms with Gasteiger partial charge in [0.15, 0.2) is 0 Å². The maximum absolute atomic E-state index is 12.7. The van der Waals surface area contributed by atoms with Crippen molar-refractivity contribution in [2.45, 2.75) is 45.1 Å². The molecule has 2 atom stereocenters. The summed E-state index contributed by atoms with van der Waals surface area (Å²) in [5, 5.41) is 12.3. The maximum atomic E-state index is 12.7. The van der Waals surface area contributed by atoms with Gasteiger partial charge in [-0.15, -0.1) is 0 Å². The van der Waals surface area contributed by atoms with Crippen molar-refractivity contribution < 1.29 is 19.5 Å². The topological polar surface area (TPSA) is 86.7 Å². The van der Waals surface area contributed by atoms with Crippen LogP contribution in [0.5, 0.6) is 0 Å². The standard InChI is InChI=1S/C19H25ClN2O4/c1-13(23)21-17(15-5-7-16(20)8-6-15)11-18(24)22-10-2-3-14(12-22)4-9-19(25)26/h5-8,14,17H,2-4,9-12H2,1H3,(H,21,23)(H,25,26)/t14-,17-/m0/s1. The average molecular weight is 381 g/mol. The summed E-state index contributed by atoms with van der Waals surface area (Å²) in [7, 11) is 0. The number of nitrogens with zero attached hydrogens (tertiary/aromatic N) is 1. The number of rotatable bonds is 7. The third kappa shape index (κ3) is 6.33. The number of carboxylic acid groups (broad SMARTS) is 1. The van der Waals surface area contributed by atoms with E-state index in [2.05, 4.69) is 5.32 Å². The van der Waals surface area contributed by atoms with Crippen LogP contribution in [0.4, 0.5) is 0 Å². The molecule has 1 aromatic carbocycles. The summed E-state index contributed by atoms with van der Waals surface area (Å²) in [6, 6.07) is 6.68. The highest BCUT2D eigenvalue weighted by Gasteiger charge is 2.26. The van der Waals surface area contributed by atoms with E-state index in [1.807, 2.05) is 12.1 Å². The van der Waals surface area contributed by atoms with Gasteiger partial charge in [0.2, 0.25) is 11.8 Å². The van der Waals surface area contributed by atoms with Crippen LogP contribution in [0.15, 0.2) is 24.3 Å². The van der Waals surface area contributed by atoms with E-state index in [0.29, 0.717) is 24.5 Å². The molecule has 1 aliphatic heterocycles. The van der Waals surface area contributed by atoms with Crippen LogP contribution in [0.2, 0.25) is 5.02 Å². The first kappa shape index (κ1) is 20.2. The van der Waals surface area contributed by atoms with Crippen molar-refractivity contribution in [2.24, 2.45) is 5.92 Å². The molecule has 0 bridgehead atoms. The molecule has 2 N–H and O–H groups in total. The smallest absolute Gasteiger partial charge is 0.303 e. The predicted molar refractivity (Wildman–Crippen MR) is 98.8 cm³/mol. The van der Waals surface area contributed by atoms with Crippen LogP contribution in [0.25, 0.3) is 0 Å². The Kier molecular flexibility index (Phi) is 7.45. The molecular formula is C19H25ClN2O4. The fraction of sp³-hybridized carbons (Fsp3) is 0.526. The molecule has 1 fully saturated rings. The lowest BCUT2D eigenvalue weighted by molar-refractivity contribution is -0.137. The van der Waals surface area contributed by atoms with E-state index in [-0.39, 0.29) is 30.6 Å². The van der Waals surface area contributed by atoms with E-state index in [1.165, 1.54) is 6.92 Å². The zero-order chi connectivity index (χ0) is 19.1. The minimum Gasteiger partial charge on any atom is -0.481 e. The molecule has 0 saturated carbocycles. The fourth-order valence-corrected chi connectivity index (χ4v) is 3.48. The Morgan fingerprint density at radius 1 is 1.31 bits per heavy atom. The molecule has 2 rings (SSSR count). The molecule has 0 spiro atoms. The quantitative estimate of drug-likeness (QED) is 0.761. The first-order valence-electron chi connectivity index (χ1n) is 8.87. The molecule has 1 saturated heterocycles. The lowest BCUT2D eigenvalue weighted by Gasteiger charge is -2.33. The summed E-state index contributed by atoms with van der Waals surface area (Å²) in [5.74, 6) is -0.810. The predicted octanol–water partition coefficient (Wildman–Crippen LogP) is 3.01. The van der Waals surface area contributed by atoms with Gasteiger partial charge in [-0.3, -0.25) is 14.4 Å². The number of hydrogen-bond donors (Lipinski definition) is 2. The lowest BCUT2D eigenvalue weighted by atomic mass is 9.92. The van der Waals surface area contributed by atoms with E-state index in [0.717, 1.165) is 18.4 Å². The third-order valence-electron chi connectivity index (χ3n) is 4.67. The van der Waals surface area contributed by atoms with Crippen LogP contribution in [0, 0.1) is 5.92 Å². The molecule has 2 amide bonds. The van der Waals surface area contributed by atoms with Gasteiger partial charge in [-0.05, 0) is 42.9 Å². The molecule has 6 nitrogen and oxygen atoms in total. The molecular weight excluding hydrogens is 356 g/mol. The molecule has 0 radical (unpaired) electrons. The highest BCUT2D eigenvalue weighted by atomic mass is 35.5. The maximum Gasteiger partial charge on any atom is 0.303 e. The minimum atomic E-state index is -0.804. The van der Waals surface area contributed by atoms with Crippen LogP contribution in [0.3, 0.4) is 0 Å². The van der Waals surface area contributed by atoms with Crippen molar-refractivity contribution in [3.05, 3.63) is 34.9 Å². The number of piperidine rings is 1. The Morgan fingerprint density at radius 3 is 2.62 bits per heavy atom. The van der Waals surface area contributed by atoms with Gasteiger partial charge in [0.05, 0.1) is 12.5 Å². The molecule has 142 valence electrons. The number of hydrogen-bond acceptors (Lipinski definition) is 3. The minimum absolute atomic E-state index is 0.0290. The Labute approximate surface area is 158 Å². The number of carboxylic acids is 1. The second-order valence-electron chi connectivity index (χ2n) is 6.79. The van der Waals surface area contributed by atoms with Crippen LogP contribution in [0.1, 0.15) is 50.6 Å². The third-order valence-corrected chi connectivity index (χ3v) is 4.92. The van der Waals surface area contributed by atoms with Crippen molar-refractivity contribution >= 4 is 29.4 Å². The van der Waals surface area contributed by atoms with Crippen molar-refractivity contribution in [3.8, 4) is 0 Å². The second kappa shape index (κ2) is 9.57. The van der Waals surface area contributed by atoms with Gasteiger partial charge >= 0.3 is 5.97 Å². The second-order valence-corrected chi connectivity index (χ2v) is 7.23. The molecule has 26 heavy (non-hydrogen) atoms. The highest BCUT2D eigenvalue weighted by Crippen LogP contribution is 2.25. The molecule has 1 heterocycles. The summed E-state index contributed by atoms with van der Waals surface area (Å²) in [4.78, 5) is 36.8. The number of carbonyl (C=O) groups is 3. The van der Waals surface area contributed by atoms with E-state index < -0.39 is 12.0 Å². The van der Waals surface area contributed by atoms with Crippen molar-refractivity contribution in [1.82, 2.24) is 10.2 Å². The Bertz CT molecular complexity index is 647. The molecule has 0 aromatic heterocycles.